The van der Waals surface area contributed by atoms with Crippen molar-refractivity contribution in [1.82, 2.24) is 0 Å². The fourth-order valence-corrected chi connectivity index (χ4v) is 4.36. The summed E-state index contributed by atoms with van der Waals surface area (Å²) in [5.41, 5.74) is 5.71. The molecule has 0 aromatic rings. The minimum absolute atomic E-state index is 0.210. The van der Waals surface area contributed by atoms with Crippen molar-refractivity contribution in [3.05, 3.63) is 11.1 Å². The zero-order valence-corrected chi connectivity index (χ0v) is 12.0. The highest BCUT2D eigenvalue weighted by Crippen LogP contribution is 2.60. The average Bonchev–Trinajstić information content (AvgIpc) is 2.50. The molecule has 0 unspecified atom stereocenters. The van der Waals surface area contributed by atoms with Crippen LogP contribution in [-0.2, 0) is 9.53 Å². The molecule has 2 aliphatic carbocycles. The van der Waals surface area contributed by atoms with Crippen molar-refractivity contribution in [1.29, 1.82) is 0 Å². The van der Waals surface area contributed by atoms with Crippen molar-refractivity contribution in [2.45, 2.75) is 64.2 Å². The summed E-state index contributed by atoms with van der Waals surface area (Å²) >= 11 is 0. The lowest BCUT2D eigenvalue weighted by Crippen LogP contribution is -2.64. The van der Waals surface area contributed by atoms with Crippen LogP contribution in [-0.4, -0.2) is 22.4 Å². The van der Waals surface area contributed by atoms with E-state index in [9.17, 15) is 9.90 Å². The van der Waals surface area contributed by atoms with Gasteiger partial charge < -0.3 is 9.84 Å². The number of hydrogen-bond acceptors (Lipinski definition) is 4. The Kier molecular flexibility index (Phi) is 2.50. The quantitative estimate of drug-likeness (QED) is 0.656. The molecule has 0 aromatic carbocycles. The van der Waals surface area contributed by atoms with Gasteiger partial charge in [-0.2, -0.15) is 0 Å². The van der Waals surface area contributed by atoms with Gasteiger partial charge in [0.25, 0.3) is 0 Å². The summed E-state index contributed by atoms with van der Waals surface area (Å²) in [7, 11) is 0. The minimum Gasteiger partial charge on any atom is -0.437 e. The largest absolute Gasteiger partial charge is 0.437 e. The molecule has 1 heterocycles. The maximum absolute atomic E-state index is 11.8. The Bertz CT molecular complexity index is 486. The van der Waals surface area contributed by atoms with Gasteiger partial charge in [0.1, 0.15) is 0 Å². The lowest BCUT2D eigenvalue weighted by molar-refractivity contribution is -0.192. The Morgan fingerprint density at radius 3 is 2.84 bits per heavy atom. The first-order valence-electron chi connectivity index (χ1n) is 7.17. The van der Waals surface area contributed by atoms with E-state index in [-0.39, 0.29) is 11.4 Å². The van der Waals surface area contributed by atoms with Crippen LogP contribution in [0.5, 0.6) is 0 Å². The first-order valence-corrected chi connectivity index (χ1v) is 7.17. The topological polar surface area (TPSA) is 72.6 Å². The van der Waals surface area contributed by atoms with Gasteiger partial charge in [0.05, 0.1) is 5.60 Å². The highest BCUT2D eigenvalue weighted by atomic mass is 16.6. The fourth-order valence-electron chi connectivity index (χ4n) is 4.36. The molecular weight excluding hydrogens is 242 g/mol. The Morgan fingerprint density at radius 2 is 2.16 bits per heavy atom. The van der Waals surface area contributed by atoms with Crippen molar-refractivity contribution < 1.29 is 14.6 Å². The van der Waals surface area contributed by atoms with Crippen LogP contribution < -0.4 is 5.73 Å². The van der Waals surface area contributed by atoms with Crippen LogP contribution in [0.2, 0.25) is 0 Å². The van der Waals surface area contributed by atoms with Crippen LogP contribution in [0, 0.1) is 11.3 Å². The molecule has 3 rings (SSSR count). The summed E-state index contributed by atoms with van der Waals surface area (Å²) in [5, 5.41) is 11.1. The Labute approximate surface area is 114 Å². The average molecular weight is 265 g/mol. The van der Waals surface area contributed by atoms with Crippen LogP contribution in [0.4, 0.5) is 0 Å². The molecule has 0 amide bonds. The number of hydrogen-bond donors (Lipinski definition) is 2. The van der Waals surface area contributed by atoms with E-state index in [2.05, 4.69) is 13.8 Å². The summed E-state index contributed by atoms with van der Waals surface area (Å²) in [5.74, 6) is 0.0998. The SMILES string of the molecule is CC1=C2C[C@]3(C)[C@@H](C)CCC[C@]3(O)C[C@]2(N)OC1=O. The van der Waals surface area contributed by atoms with E-state index in [0.717, 1.165) is 24.8 Å². The molecule has 0 saturated heterocycles. The molecule has 4 atom stereocenters. The van der Waals surface area contributed by atoms with Gasteiger partial charge in [-0.15, -0.1) is 0 Å². The molecule has 4 heteroatoms. The third-order valence-corrected chi connectivity index (χ3v) is 6.02. The highest BCUT2D eigenvalue weighted by molar-refractivity contribution is 5.92. The van der Waals surface area contributed by atoms with Crippen molar-refractivity contribution in [2.75, 3.05) is 0 Å². The summed E-state index contributed by atoms with van der Waals surface area (Å²) < 4.78 is 5.36. The van der Waals surface area contributed by atoms with Gasteiger partial charge in [0.2, 0.25) is 0 Å². The Balaban J connectivity index is 2.09. The highest BCUT2D eigenvalue weighted by Gasteiger charge is 2.63. The Morgan fingerprint density at radius 1 is 1.47 bits per heavy atom. The molecule has 0 radical (unpaired) electrons. The van der Waals surface area contributed by atoms with E-state index in [0.29, 0.717) is 24.3 Å². The normalized spacial score (nSPS) is 49.7. The van der Waals surface area contributed by atoms with E-state index in [1.54, 1.807) is 6.92 Å². The van der Waals surface area contributed by atoms with E-state index < -0.39 is 11.3 Å². The van der Waals surface area contributed by atoms with Crippen LogP contribution in [0.25, 0.3) is 0 Å². The number of esters is 1. The Hall–Kier alpha value is -0.870. The summed E-state index contributed by atoms with van der Waals surface area (Å²) in [6.45, 7) is 6.12. The number of carbonyl (C=O) groups excluding carboxylic acids is 1. The maximum atomic E-state index is 11.8. The maximum Gasteiger partial charge on any atom is 0.335 e. The monoisotopic (exact) mass is 265 g/mol. The van der Waals surface area contributed by atoms with Crippen molar-refractivity contribution in [3.63, 3.8) is 0 Å². The fraction of sp³-hybridized carbons (Fsp3) is 0.800. The van der Waals surface area contributed by atoms with Crippen LogP contribution in [0.1, 0.15) is 52.9 Å². The summed E-state index contributed by atoms with van der Waals surface area (Å²) in [6, 6.07) is 0. The lowest BCUT2D eigenvalue weighted by Gasteiger charge is -2.58. The standard InChI is InChI=1S/C15H23NO3/c1-9-5-4-6-14(18)8-15(16)11(7-13(9,14)3)10(2)12(17)19-15/h9,18H,4-8,16H2,1-3H3/t9-,13+,14-,15-/m0/s1. The number of ether oxygens (including phenoxy) is 1. The van der Waals surface area contributed by atoms with Crippen LogP contribution in [0.15, 0.2) is 11.1 Å². The smallest absolute Gasteiger partial charge is 0.335 e. The van der Waals surface area contributed by atoms with Gasteiger partial charge in [-0.3, -0.25) is 5.73 Å². The van der Waals surface area contributed by atoms with E-state index in [4.69, 9.17) is 10.5 Å². The van der Waals surface area contributed by atoms with Crippen molar-refractivity contribution >= 4 is 5.97 Å². The number of aliphatic hydroxyl groups is 1. The third-order valence-electron chi connectivity index (χ3n) is 6.02. The molecule has 2 fully saturated rings. The van der Waals surface area contributed by atoms with Crippen LogP contribution in [0.3, 0.4) is 0 Å². The van der Waals surface area contributed by atoms with Gasteiger partial charge in [-0.25, -0.2) is 4.79 Å². The molecule has 19 heavy (non-hydrogen) atoms. The molecule has 0 spiro atoms. The molecule has 0 aromatic heterocycles. The molecule has 0 bridgehead atoms. The number of carbonyl (C=O) groups is 1. The predicted octanol–water partition coefficient (Wildman–Crippen LogP) is 1.87. The second kappa shape index (κ2) is 3.61. The first-order chi connectivity index (χ1) is 8.72. The molecule has 106 valence electrons. The second-order valence-corrected chi connectivity index (χ2v) is 6.98. The van der Waals surface area contributed by atoms with Gasteiger partial charge in [-0.05, 0) is 37.7 Å². The summed E-state index contributed by atoms with van der Waals surface area (Å²) in [4.78, 5) is 11.8. The summed E-state index contributed by atoms with van der Waals surface area (Å²) in [6.07, 6.45) is 3.88. The molecular formula is C15H23NO3. The van der Waals surface area contributed by atoms with E-state index in [1.165, 1.54) is 0 Å². The first kappa shape index (κ1) is 13.1. The molecule has 2 saturated carbocycles. The lowest BCUT2D eigenvalue weighted by atomic mass is 9.51. The minimum atomic E-state index is -1.08. The predicted molar refractivity (Wildman–Crippen MR) is 71.0 cm³/mol. The van der Waals surface area contributed by atoms with Crippen LogP contribution >= 0.6 is 0 Å². The molecule has 1 aliphatic heterocycles. The van der Waals surface area contributed by atoms with Gasteiger partial charge in [0, 0.05) is 17.4 Å². The van der Waals surface area contributed by atoms with E-state index in [1.807, 2.05) is 0 Å². The zero-order chi connectivity index (χ0) is 14.1. The van der Waals surface area contributed by atoms with Crippen molar-refractivity contribution in [3.8, 4) is 0 Å². The second-order valence-electron chi connectivity index (χ2n) is 6.98. The number of rotatable bonds is 0. The van der Waals surface area contributed by atoms with Crippen molar-refractivity contribution in [2.24, 2.45) is 17.1 Å². The zero-order valence-electron chi connectivity index (χ0n) is 12.0. The molecule has 4 nitrogen and oxygen atoms in total. The van der Waals surface area contributed by atoms with Gasteiger partial charge in [-0.1, -0.05) is 20.3 Å². The number of fused-ring (bicyclic) bond motifs is 2. The van der Waals surface area contributed by atoms with Gasteiger partial charge in [0.15, 0.2) is 5.72 Å². The van der Waals surface area contributed by atoms with Gasteiger partial charge >= 0.3 is 5.97 Å². The molecule has 3 aliphatic rings. The third kappa shape index (κ3) is 1.50. The molecule has 3 N–H and O–H groups in total. The number of nitrogens with two attached hydrogens (primary N) is 1. The van der Waals surface area contributed by atoms with E-state index >= 15 is 0 Å².